The summed E-state index contributed by atoms with van der Waals surface area (Å²) >= 11 is 0. The molecule has 1 aromatic carbocycles. The van der Waals surface area contributed by atoms with Crippen LogP contribution >= 0.6 is 0 Å². The molecule has 0 amide bonds. The lowest BCUT2D eigenvalue weighted by Crippen LogP contribution is -2.47. The molecule has 0 aliphatic carbocycles. The molecular weight excluding hydrogens is 308 g/mol. The predicted octanol–water partition coefficient (Wildman–Crippen LogP) is 2.30. The number of aromatic nitrogens is 3. The van der Waals surface area contributed by atoms with Gasteiger partial charge in [-0.25, -0.2) is 14.3 Å². The molecule has 0 fully saturated rings. The van der Waals surface area contributed by atoms with Crippen LogP contribution in [-0.2, 0) is 30.2 Å². The van der Waals surface area contributed by atoms with Crippen molar-refractivity contribution < 1.29 is 9.47 Å². The Morgan fingerprint density at radius 2 is 2.08 bits per heavy atom. The van der Waals surface area contributed by atoms with Gasteiger partial charge in [-0.15, -0.1) is 0 Å². The average molecular weight is 332 g/mol. The normalized spacial score (nSPS) is 11.5. The Morgan fingerprint density at radius 3 is 2.71 bits per heavy atom. The highest BCUT2D eigenvalue weighted by Crippen LogP contribution is 2.25. The minimum Gasteiger partial charge on any atom is -0.474 e. The Bertz CT molecular complexity index is 780. The van der Waals surface area contributed by atoms with E-state index in [0.29, 0.717) is 12.5 Å². The second kappa shape index (κ2) is 7.83. The van der Waals surface area contributed by atoms with E-state index >= 15 is 0 Å². The van der Waals surface area contributed by atoms with Crippen LogP contribution in [0.1, 0.15) is 30.9 Å². The summed E-state index contributed by atoms with van der Waals surface area (Å²) in [6.45, 7) is 8.00. The van der Waals surface area contributed by atoms with Gasteiger partial charge in [0.2, 0.25) is 0 Å². The lowest BCUT2D eigenvalue weighted by atomic mass is 9.96. The molecule has 0 saturated heterocycles. The standard InChI is InChI=1S/C17H24N4O3/c1-13(2)14-7-6-8-16(21-17(22)19(4)20(21)5)15(14)11-24-12-23-10-9-18-3/h6-10,13H,3,11-12H2,1-2,4-5H3/b10-9-. The largest absolute Gasteiger partial charge is 0.474 e. The molecule has 0 atom stereocenters. The van der Waals surface area contributed by atoms with Gasteiger partial charge in [0.15, 0.2) is 6.79 Å². The number of nitrogens with zero attached hydrogens (tertiary/aromatic N) is 4. The number of ether oxygens (including phenoxy) is 2. The molecular formula is C17H24N4O3. The first kappa shape index (κ1) is 17.8. The van der Waals surface area contributed by atoms with Crippen molar-refractivity contribution >= 4 is 6.72 Å². The maximum absolute atomic E-state index is 12.2. The molecule has 130 valence electrons. The van der Waals surface area contributed by atoms with Crippen LogP contribution in [0.2, 0.25) is 0 Å². The molecule has 0 N–H and O–H groups in total. The van der Waals surface area contributed by atoms with Crippen LogP contribution in [0.5, 0.6) is 0 Å². The summed E-state index contributed by atoms with van der Waals surface area (Å²) < 4.78 is 13.9. The zero-order chi connectivity index (χ0) is 17.7. The Labute approximate surface area is 141 Å². The van der Waals surface area contributed by atoms with Crippen LogP contribution in [0.15, 0.2) is 40.4 Å². The van der Waals surface area contributed by atoms with Crippen LogP contribution < -0.4 is 5.69 Å². The van der Waals surface area contributed by atoms with Crippen molar-refractivity contribution in [2.75, 3.05) is 6.79 Å². The van der Waals surface area contributed by atoms with Crippen molar-refractivity contribution in [1.82, 2.24) is 14.2 Å². The van der Waals surface area contributed by atoms with Crippen molar-refractivity contribution in [2.45, 2.75) is 26.4 Å². The molecule has 2 rings (SSSR count). The molecule has 24 heavy (non-hydrogen) atoms. The fourth-order valence-corrected chi connectivity index (χ4v) is 2.55. The van der Waals surface area contributed by atoms with Crippen LogP contribution in [-0.4, -0.2) is 27.7 Å². The second-order valence-corrected chi connectivity index (χ2v) is 5.71. The molecule has 0 aliphatic heterocycles. The van der Waals surface area contributed by atoms with Crippen molar-refractivity contribution in [1.29, 1.82) is 0 Å². The van der Waals surface area contributed by atoms with E-state index in [1.165, 1.54) is 12.5 Å². The third-order valence-corrected chi connectivity index (χ3v) is 3.88. The smallest absolute Gasteiger partial charge is 0.364 e. The van der Waals surface area contributed by atoms with Crippen LogP contribution in [0.25, 0.3) is 5.69 Å². The summed E-state index contributed by atoms with van der Waals surface area (Å²) in [6.07, 6.45) is 2.87. The molecule has 7 heteroatoms. The van der Waals surface area contributed by atoms with Crippen molar-refractivity contribution in [2.24, 2.45) is 19.1 Å². The molecule has 0 radical (unpaired) electrons. The van der Waals surface area contributed by atoms with Gasteiger partial charge in [0.1, 0.15) is 6.26 Å². The van der Waals surface area contributed by atoms with E-state index in [4.69, 9.17) is 9.47 Å². The first-order chi connectivity index (χ1) is 11.5. The van der Waals surface area contributed by atoms with Crippen LogP contribution in [0, 0.1) is 0 Å². The molecule has 0 bridgehead atoms. The topological polar surface area (TPSA) is 62.7 Å². The highest BCUT2D eigenvalue weighted by molar-refractivity contribution is 5.46. The fourth-order valence-electron chi connectivity index (χ4n) is 2.55. The molecule has 2 aromatic rings. The summed E-state index contributed by atoms with van der Waals surface area (Å²) in [4.78, 5) is 17.5. The predicted molar refractivity (Wildman–Crippen MR) is 93.5 cm³/mol. The third-order valence-electron chi connectivity index (χ3n) is 3.88. The van der Waals surface area contributed by atoms with Gasteiger partial charge in [0.05, 0.1) is 18.5 Å². The number of benzene rings is 1. The SMILES string of the molecule is C=N/C=C\OCOCc1c(C(C)C)cccc1-n1c(=O)n(C)n1C. The van der Waals surface area contributed by atoms with Crippen LogP contribution in [0.3, 0.4) is 0 Å². The monoisotopic (exact) mass is 332 g/mol. The molecule has 0 saturated carbocycles. The first-order valence-corrected chi connectivity index (χ1v) is 7.72. The maximum atomic E-state index is 12.2. The Balaban J connectivity index is 2.28. The van der Waals surface area contributed by atoms with E-state index in [0.717, 1.165) is 16.8 Å². The lowest BCUT2D eigenvalue weighted by Gasteiger charge is -2.25. The van der Waals surface area contributed by atoms with Gasteiger partial charge < -0.3 is 9.47 Å². The van der Waals surface area contributed by atoms with Crippen molar-refractivity contribution in [3.63, 3.8) is 0 Å². The number of rotatable bonds is 8. The Morgan fingerprint density at radius 1 is 1.33 bits per heavy atom. The molecule has 0 aliphatic rings. The number of hydrogen-bond acceptors (Lipinski definition) is 4. The van der Waals surface area contributed by atoms with E-state index < -0.39 is 0 Å². The zero-order valence-electron chi connectivity index (χ0n) is 14.6. The summed E-state index contributed by atoms with van der Waals surface area (Å²) in [7, 11) is 3.57. The molecule has 7 nitrogen and oxygen atoms in total. The highest BCUT2D eigenvalue weighted by Gasteiger charge is 2.18. The average Bonchev–Trinajstić information content (AvgIpc) is 2.58. The fraction of sp³-hybridized carbons (Fsp3) is 0.412. The summed E-state index contributed by atoms with van der Waals surface area (Å²) in [5.41, 5.74) is 2.88. The summed E-state index contributed by atoms with van der Waals surface area (Å²) in [6, 6.07) is 5.94. The minimum absolute atomic E-state index is 0.0732. The van der Waals surface area contributed by atoms with E-state index in [2.05, 4.69) is 31.6 Å². The van der Waals surface area contributed by atoms with Gasteiger partial charge >= 0.3 is 5.69 Å². The lowest BCUT2D eigenvalue weighted by molar-refractivity contribution is -0.0211. The molecule has 1 aromatic heterocycles. The summed E-state index contributed by atoms with van der Waals surface area (Å²) in [5.74, 6) is 0.314. The molecule has 0 spiro atoms. The van der Waals surface area contributed by atoms with Gasteiger partial charge in [-0.3, -0.25) is 4.99 Å². The third kappa shape index (κ3) is 3.51. The van der Waals surface area contributed by atoms with Gasteiger partial charge in [-0.05, 0) is 24.3 Å². The first-order valence-electron chi connectivity index (χ1n) is 7.72. The highest BCUT2D eigenvalue weighted by atomic mass is 16.7. The number of hydrogen-bond donors (Lipinski definition) is 0. The van der Waals surface area contributed by atoms with E-state index in [1.807, 2.05) is 19.2 Å². The van der Waals surface area contributed by atoms with Crippen LogP contribution in [0.4, 0.5) is 0 Å². The second-order valence-electron chi connectivity index (χ2n) is 5.71. The summed E-state index contributed by atoms with van der Waals surface area (Å²) in [5, 5.41) is 0. The zero-order valence-corrected chi connectivity index (χ0v) is 14.6. The quantitative estimate of drug-likeness (QED) is 0.322. The van der Waals surface area contributed by atoms with Crippen molar-refractivity contribution in [3.05, 3.63) is 52.3 Å². The van der Waals surface area contributed by atoms with E-state index in [1.54, 1.807) is 21.2 Å². The van der Waals surface area contributed by atoms with Gasteiger partial charge in [-0.1, -0.05) is 26.0 Å². The Hall–Kier alpha value is -2.54. The van der Waals surface area contributed by atoms with Crippen molar-refractivity contribution in [3.8, 4) is 5.69 Å². The van der Waals surface area contributed by atoms with E-state index in [9.17, 15) is 4.79 Å². The van der Waals surface area contributed by atoms with Gasteiger partial charge in [-0.2, -0.15) is 4.68 Å². The molecule has 0 unspecified atom stereocenters. The minimum atomic E-state index is -0.0732. The van der Waals surface area contributed by atoms with E-state index in [-0.39, 0.29) is 12.5 Å². The molecule has 1 heterocycles. The number of aliphatic imine (C=N–C) groups is 1. The van der Waals surface area contributed by atoms with Gasteiger partial charge in [0, 0.05) is 19.7 Å². The van der Waals surface area contributed by atoms with Gasteiger partial charge in [0.25, 0.3) is 0 Å². The maximum Gasteiger partial charge on any atom is 0.364 e. The Kier molecular flexibility index (Phi) is 5.81.